The fraction of sp³-hybridized carbons (Fsp3) is 0.348. The molecule has 1 aromatic heterocycles. The zero-order valence-electron chi connectivity index (χ0n) is 17.3. The first kappa shape index (κ1) is 22.9. The molecular weight excluding hydrogens is 445 g/mol. The van der Waals surface area contributed by atoms with E-state index in [2.05, 4.69) is 22.4 Å². The number of fused-ring (bicyclic) bond motifs is 1. The predicted molar refractivity (Wildman–Crippen MR) is 111 cm³/mol. The number of hydrogen-bond donors (Lipinski definition) is 2. The lowest BCUT2D eigenvalue weighted by Gasteiger charge is -2.37. The van der Waals surface area contributed by atoms with Crippen LogP contribution >= 0.6 is 0 Å². The second-order valence-electron chi connectivity index (χ2n) is 7.84. The summed E-state index contributed by atoms with van der Waals surface area (Å²) in [5.74, 6) is -0.234. The van der Waals surface area contributed by atoms with Gasteiger partial charge in [-0.3, -0.25) is 9.69 Å². The lowest BCUT2D eigenvalue weighted by molar-refractivity contribution is -0.137. The second-order valence-corrected chi connectivity index (χ2v) is 7.84. The molecule has 0 saturated carbocycles. The molecule has 0 bridgehead atoms. The number of aromatic amines is 1. The quantitative estimate of drug-likeness (QED) is 0.480. The molecule has 174 valence electrons. The summed E-state index contributed by atoms with van der Waals surface area (Å²) in [6, 6.07) is 12.3. The highest BCUT2D eigenvalue weighted by Gasteiger charge is 2.34. The molecule has 5 nitrogen and oxygen atoms in total. The average Bonchev–Trinajstić information content (AvgIpc) is 3.12. The molecule has 1 saturated heterocycles. The Morgan fingerprint density at radius 1 is 1.21 bits per heavy atom. The van der Waals surface area contributed by atoms with Crippen LogP contribution in [0.15, 0.2) is 36.5 Å². The Morgan fingerprint density at radius 2 is 1.94 bits per heavy atom. The van der Waals surface area contributed by atoms with E-state index in [0.717, 1.165) is 12.1 Å². The zero-order chi connectivity index (χ0) is 23.6. The van der Waals surface area contributed by atoms with Crippen LogP contribution in [0.4, 0.5) is 27.6 Å². The molecule has 2 aromatic carbocycles. The summed E-state index contributed by atoms with van der Waals surface area (Å²) in [5.41, 5.74) is 1.11. The van der Waals surface area contributed by atoms with Gasteiger partial charge >= 0.3 is 6.18 Å². The van der Waals surface area contributed by atoms with Crippen LogP contribution in [0.3, 0.4) is 0 Å². The third-order valence-corrected chi connectivity index (χ3v) is 5.42. The lowest BCUT2D eigenvalue weighted by Crippen LogP contribution is -2.53. The number of nitrogens with one attached hydrogen (secondary N) is 2. The van der Waals surface area contributed by atoms with Crippen molar-refractivity contribution in [3.8, 4) is 5.75 Å². The normalized spacial score (nSPS) is 14.8. The fourth-order valence-electron chi connectivity index (χ4n) is 3.61. The molecule has 1 aliphatic heterocycles. The van der Waals surface area contributed by atoms with E-state index in [-0.39, 0.29) is 38.1 Å². The highest BCUT2D eigenvalue weighted by atomic mass is 19.4. The number of amides is 1. The van der Waals surface area contributed by atoms with Crippen LogP contribution in [-0.4, -0.2) is 48.5 Å². The Bertz CT molecular complexity index is 1110. The van der Waals surface area contributed by atoms with Gasteiger partial charge in [-0.05, 0) is 29.8 Å². The molecule has 2 heterocycles. The minimum Gasteiger partial charge on any atom is -0.485 e. The number of likely N-dealkylation sites (tertiary alicyclic amines) is 1. The number of nitrogens with zero attached hydrogens (tertiary/aromatic N) is 1. The summed E-state index contributed by atoms with van der Waals surface area (Å²) in [6.07, 6.45) is -4.79. The molecule has 0 unspecified atom stereocenters. The Balaban J connectivity index is 1.33. The van der Waals surface area contributed by atoms with Gasteiger partial charge in [0.05, 0.1) is 35.8 Å². The lowest BCUT2D eigenvalue weighted by atomic mass is 9.99. The van der Waals surface area contributed by atoms with Gasteiger partial charge in [-0.2, -0.15) is 13.2 Å². The molecule has 0 atom stereocenters. The Kier molecular flexibility index (Phi) is 6.42. The third kappa shape index (κ3) is 5.54. The van der Waals surface area contributed by atoms with E-state index in [4.69, 9.17) is 4.74 Å². The number of halogens is 5. The van der Waals surface area contributed by atoms with Crippen LogP contribution in [0.1, 0.15) is 11.1 Å². The van der Waals surface area contributed by atoms with Crippen molar-refractivity contribution in [2.75, 3.05) is 31.6 Å². The van der Waals surface area contributed by atoms with Crippen LogP contribution in [0.25, 0.3) is 10.9 Å². The summed E-state index contributed by atoms with van der Waals surface area (Å²) in [5, 5.41) is 3.45. The molecule has 33 heavy (non-hydrogen) atoms. The maximum atomic E-state index is 12.6. The Morgan fingerprint density at radius 3 is 2.61 bits per heavy atom. The molecule has 0 aliphatic carbocycles. The maximum Gasteiger partial charge on any atom is 0.416 e. The van der Waals surface area contributed by atoms with Crippen molar-refractivity contribution in [2.24, 2.45) is 5.92 Å². The summed E-state index contributed by atoms with van der Waals surface area (Å²) < 4.78 is 68.4. The topological polar surface area (TPSA) is 57.4 Å². The van der Waals surface area contributed by atoms with E-state index in [0.29, 0.717) is 34.3 Å². The minimum atomic E-state index is -4.37. The van der Waals surface area contributed by atoms with Crippen LogP contribution in [-0.2, 0) is 17.4 Å². The molecular formula is C23H20F5N3O2. The number of anilines is 1. The Labute approximate surface area is 186 Å². The first-order valence-corrected chi connectivity index (χ1v) is 10.2. The van der Waals surface area contributed by atoms with Gasteiger partial charge in [0.25, 0.3) is 6.43 Å². The number of benzene rings is 1. The minimum absolute atomic E-state index is 0.218. The maximum absolute atomic E-state index is 12.6. The summed E-state index contributed by atoms with van der Waals surface area (Å²) in [4.78, 5) is 16.9. The number of hydrogen-bond acceptors (Lipinski definition) is 3. The van der Waals surface area contributed by atoms with Gasteiger partial charge in [0.2, 0.25) is 5.91 Å². The van der Waals surface area contributed by atoms with Crippen molar-refractivity contribution in [1.82, 2.24) is 9.88 Å². The molecule has 2 N–H and O–H groups in total. The smallest absolute Gasteiger partial charge is 0.416 e. The monoisotopic (exact) mass is 465 g/mol. The highest BCUT2D eigenvalue weighted by Crippen LogP contribution is 2.29. The number of carbonyl (C=O) groups is 1. The number of alkyl halides is 5. The van der Waals surface area contributed by atoms with E-state index in [1.807, 2.05) is 0 Å². The van der Waals surface area contributed by atoms with Gasteiger partial charge < -0.3 is 15.0 Å². The van der Waals surface area contributed by atoms with Crippen molar-refractivity contribution < 1.29 is 31.5 Å². The van der Waals surface area contributed by atoms with Crippen LogP contribution in [0, 0.1) is 18.1 Å². The largest absolute Gasteiger partial charge is 0.485 e. The van der Waals surface area contributed by atoms with Crippen LogP contribution in [0.5, 0.6) is 5.75 Å². The van der Waals surface area contributed by atoms with Gasteiger partial charge in [-0.15, -0.1) is 0 Å². The number of H-pyrrole nitrogens is 1. The molecule has 0 spiro atoms. The van der Waals surface area contributed by atoms with E-state index in [1.54, 1.807) is 12.3 Å². The third-order valence-electron chi connectivity index (χ3n) is 5.42. The van der Waals surface area contributed by atoms with E-state index >= 15 is 0 Å². The van der Waals surface area contributed by atoms with Crippen LogP contribution < -0.4 is 10.1 Å². The van der Waals surface area contributed by atoms with E-state index in [9.17, 15) is 26.7 Å². The van der Waals surface area contributed by atoms with Crippen molar-refractivity contribution in [2.45, 2.75) is 19.0 Å². The van der Waals surface area contributed by atoms with Crippen LogP contribution in [0.2, 0.25) is 0 Å². The number of carbonyl (C=O) groups excluding carboxylic acids is 1. The molecule has 4 rings (SSSR count). The van der Waals surface area contributed by atoms with Gasteiger partial charge in [0.15, 0.2) is 5.75 Å². The first-order chi connectivity index (χ1) is 15.7. The van der Waals surface area contributed by atoms with E-state index in [1.165, 1.54) is 17.0 Å². The number of aromatic nitrogens is 1. The SMILES string of the molecule is O=C(Nc1c[nH]c2c#cc(OCCc3ccc(C(F)(F)F)cc3)cc12)C1CN(CC(F)F)C1. The van der Waals surface area contributed by atoms with Crippen molar-refractivity contribution >= 4 is 22.5 Å². The fourth-order valence-corrected chi connectivity index (χ4v) is 3.61. The number of ether oxygens (including phenoxy) is 1. The van der Waals surface area contributed by atoms with Gasteiger partial charge in [0, 0.05) is 37.2 Å². The number of rotatable bonds is 8. The standard InChI is InChI=1S/C23H20F5N3O2/c24-21(25)13-31-11-15(12-31)22(32)30-20-10-29-19-6-5-17(9-18(19)20)33-8-7-14-1-3-16(4-2-14)23(26,27)28/h1-4,9-10,15,21,29H,7-8,11-13H2,(H,30,32). The second kappa shape index (κ2) is 9.27. The van der Waals surface area contributed by atoms with Crippen molar-refractivity contribution in [3.05, 3.63) is 59.8 Å². The van der Waals surface area contributed by atoms with E-state index < -0.39 is 18.2 Å². The molecule has 1 aliphatic rings. The van der Waals surface area contributed by atoms with Crippen molar-refractivity contribution in [1.29, 1.82) is 0 Å². The first-order valence-electron chi connectivity index (χ1n) is 10.2. The summed E-state index contributed by atoms with van der Waals surface area (Å²) >= 11 is 0. The molecule has 10 heteroatoms. The summed E-state index contributed by atoms with van der Waals surface area (Å²) in [7, 11) is 0. The molecule has 1 amide bonds. The molecule has 3 aromatic rings. The predicted octanol–water partition coefficient (Wildman–Crippen LogP) is 4.54. The highest BCUT2D eigenvalue weighted by molar-refractivity contribution is 6.02. The average molecular weight is 465 g/mol. The van der Waals surface area contributed by atoms with Gasteiger partial charge in [-0.25, -0.2) is 8.78 Å². The Hall–Kier alpha value is -3.32. The molecule has 0 radical (unpaired) electrons. The van der Waals surface area contributed by atoms with Gasteiger partial charge in [0.1, 0.15) is 0 Å². The summed E-state index contributed by atoms with van der Waals surface area (Å²) in [6.45, 7) is 0.456. The van der Waals surface area contributed by atoms with Gasteiger partial charge in [-0.1, -0.05) is 12.1 Å². The zero-order valence-corrected chi connectivity index (χ0v) is 17.3. The van der Waals surface area contributed by atoms with Crippen molar-refractivity contribution in [3.63, 3.8) is 0 Å². The molecule has 1 fully saturated rings.